The smallest absolute Gasteiger partial charge is 0.408 e. The van der Waals surface area contributed by atoms with Crippen LogP contribution in [0.15, 0.2) is 71.2 Å². The lowest BCUT2D eigenvalue weighted by molar-refractivity contribution is -0.121. The molecular weight excluding hydrogens is 954 g/mol. The van der Waals surface area contributed by atoms with Gasteiger partial charge in [-0.05, 0) is 137 Å². The summed E-state index contributed by atoms with van der Waals surface area (Å²) in [4.78, 5) is 70.3. The summed E-state index contributed by atoms with van der Waals surface area (Å²) in [6.07, 6.45) is 10.9. The molecular formula is C59H88ClN7O7. The minimum Gasteiger partial charge on any atom is -1.00 e. The molecule has 1 heterocycles. The summed E-state index contributed by atoms with van der Waals surface area (Å²) in [5.41, 5.74) is 4.75. The van der Waals surface area contributed by atoms with Crippen LogP contribution >= 0.6 is 0 Å². The first kappa shape index (κ1) is 62.4. The number of anilines is 2. The van der Waals surface area contributed by atoms with Crippen molar-refractivity contribution in [2.45, 2.75) is 164 Å². The lowest BCUT2D eigenvalue weighted by Gasteiger charge is -2.25. The van der Waals surface area contributed by atoms with Gasteiger partial charge in [-0.1, -0.05) is 57.6 Å². The predicted octanol–water partition coefficient (Wildman–Crippen LogP) is 8.06. The maximum absolute atomic E-state index is 14.7. The molecule has 0 unspecified atom stereocenters. The molecule has 14 nitrogen and oxygen atoms in total. The fourth-order valence-electron chi connectivity index (χ4n) is 9.17. The third kappa shape index (κ3) is 19.1. The molecule has 0 fully saturated rings. The Morgan fingerprint density at radius 3 is 1.93 bits per heavy atom. The Balaban J connectivity index is 0.0000144. The van der Waals surface area contributed by atoms with Crippen molar-refractivity contribution in [2.75, 3.05) is 62.6 Å². The summed E-state index contributed by atoms with van der Waals surface area (Å²) in [5.74, 6) is 0.00953. The topological polar surface area (TPSA) is 165 Å². The Bertz CT molecular complexity index is 2500. The van der Waals surface area contributed by atoms with Crippen molar-refractivity contribution in [1.29, 1.82) is 0 Å². The minimum absolute atomic E-state index is 0. The van der Waals surface area contributed by atoms with Gasteiger partial charge in [0, 0.05) is 96.8 Å². The van der Waals surface area contributed by atoms with Crippen LogP contribution in [0.3, 0.4) is 0 Å². The number of fused-ring (bicyclic) bond motifs is 2. The zero-order valence-corrected chi connectivity index (χ0v) is 47.2. The maximum atomic E-state index is 14.7. The molecule has 2 aliphatic rings. The molecule has 2 aromatic carbocycles. The Morgan fingerprint density at radius 2 is 1.32 bits per heavy atom. The van der Waals surface area contributed by atoms with Crippen molar-refractivity contribution in [3.05, 3.63) is 77.7 Å². The molecule has 0 saturated carbocycles. The molecule has 0 radical (unpaired) electrons. The van der Waals surface area contributed by atoms with Gasteiger partial charge in [0.2, 0.25) is 23.1 Å². The highest BCUT2D eigenvalue weighted by Crippen LogP contribution is 2.43. The molecule has 408 valence electrons. The van der Waals surface area contributed by atoms with Crippen molar-refractivity contribution < 1.29 is 45.5 Å². The van der Waals surface area contributed by atoms with E-state index in [4.69, 9.17) is 9.15 Å². The van der Waals surface area contributed by atoms with Crippen LogP contribution in [0.4, 0.5) is 16.2 Å². The van der Waals surface area contributed by atoms with Crippen LogP contribution in [0.2, 0.25) is 0 Å². The van der Waals surface area contributed by atoms with E-state index >= 15 is 0 Å². The molecule has 1 aliphatic heterocycles. The second-order valence-corrected chi connectivity index (χ2v) is 19.9. The fourth-order valence-corrected chi connectivity index (χ4v) is 9.17. The molecule has 4 N–H and O–H groups in total. The third-order valence-corrected chi connectivity index (χ3v) is 13.3. The Labute approximate surface area is 448 Å². The van der Waals surface area contributed by atoms with Gasteiger partial charge in [0.1, 0.15) is 36.1 Å². The molecule has 0 aromatic heterocycles. The summed E-state index contributed by atoms with van der Waals surface area (Å²) in [5, 5.41) is 13.6. The molecule has 74 heavy (non-hydrogen) atoms. The van der Waals surface area contributed by atoms with Gasteiger partial charge < -0.3 is 52.6 Å². The molecule has 0 spiro atoms. The second kappa shape index (κ2) is 31.8. The van der Waals surface area contributed by atoms with Crippen molar-refractivity contribution in [1.82, 2.24) is 25.4 Å². The van der Waals surface area contributed by atoms with Crippen molar-refractivity contribution in [3.63, 3.8) is 0 Å². The van der Waals surface area contributed by atoms with E-state index < -0.39 is 23.6 Å². The van der Waals surface area contributed by atoms with Crippen LogP contribution < -0.4 is 48.5 Å². The number of unbranched alkanes of at least 4 members (excludes halogenated alkanes) is 9. The summed E-state index contributed by atoms with van der Waals surface area (Å²) in [6, 6.07) is 17.0. The first-order chi connectivity index (χ1) is 35.0. The number of ether oxygens (including phenoxy) is 1. The first-order valence-corrected chi connectivity index (χ1v) is 27.3. The summed E-state index contributed by atoms with van der Waals surface area (Å²) >= 11 is 0. The Kier molecular flexibility index (Phi) is 26.8. The highest BCUT2D eigenvalue weighted by Gasteiger charge is 2.28. The molecule has 1 aliphatic carbocycles. The van der Waals surface area contributed by atoms with Gasteiger partial charge in [0.25, 0.3) is 5.91 Å². The minimum atomic E-state index is -0.954. The number of nitrogens with one attached hydrogen (secondary N) is 4. The fraction of sp³-hybridized carbons (Fsp3) is 0.559. The van der Waals surface area contributed by atoms with Crippen LogP contribution in [0.5, 0.6) is 0 Å². The van der Waals surface area contributed by atoms with Crippen molar-refractivity contribution in [3.8, 4) is 22.5 Å². The lowest BCUT2D eigenvalue weighted by atomic mass is 9.89. The van der Waals surface area contributed by atoms with Gasteiger partial charge in [-0.15, -0.1) is 0 Å². The monoisotopic (exact) mass is 1040 g/mol. The maximum Gasteiger partial charge on any atom is 0.408 e. The van der Waals surface area contributed by atoms with Crippen LogP contribution in [0, 0.1) is 0 Å². The number of rotatable bonds is 30. The highest BCUT2D eigenvalue weighted by atomic mass is 35.5. The molecule has 1 atom stereocenters. The van der Waals surface area contributed by atoms with Crippen molar-refractivity contribution >= 4 is 52.1 Å². The average molecular weight is 1040 g/mol. The lowest BCUT2D eigenvalue weighted by Crippen LogP contribution is -3.00. The van der Waals surface area contributed by atoms with Crippen LogP contribution in [0.25, 0.3) is 33.4 Å². The number of halogens is 1. The van der Waals surface area contributed by atoms with E-state index in [-0.39, 0.29) is 30.1 Å². The molecule has 5 amide bonds. The molecule has 0 bridgehead atoms. The average Bonchev–Trinajstić information content (AvgIpc) is 3.35. The van der Waals surface area contributed by atoms with Gasteiger partial charge in [-0.2, -0.15) is 0 Å². The third-order valence-electron chi connectivity index (χ3n) is 13.3. The number of alkyl carbamates (subject to hydrolysis) is 1. The predicted molar refractivity (Wildman–Crippen MR) is 298 cm³/mol. The van der Waals surface area contributed by atoms with Gasteiger partial charge in [0.05, 0.1) is 6.07 Å². The van der Waals surface area contributed by atoms with E-state index in [9.17, 15) is 24.0 Å². The Hall–Kier alpha value is -5.89. The van der Waals surface area contributed by atoms with Gasteiger partial charge in [-0.3, -0.25) is 19.2 Å². The highest BCUT2D eigenvalue weighted by molar-refractivity contribution is 6.10. The number of hydrogen-bond donors (Lipinski definition) is 4. The molecule has 15 heteroatoms. The molecule has 4 rings (SSSR count). The van der Waals surface area contributed by atoms with Crippen molar-refractivity contribution in [2.24, 2.45) is 0 Å². The summed E-state index contributed by atoms with van der Waals surface area (Å²) in [7, 11) is 0. The standard InChI is InChI=1S/C59H87N7O7.ClH/c1-12-64(13-2)44-32-35-47-51(40-44)72-52-41-45(65(14-3)15-4)33-36-48(52)54(47)46-34-31-43(39-49(46)57(70)66(16-5)17-6)62-56(69)50(63-58(71)73-59(9,10)11)29-26-28-37-60-53(67)30-25-23-21-19-18-20-22-24-27-38-61-55(68)42(7)8;/h31-36,39-41,50H,7,12-30,37-38H2,1-6,8-11H3,(H3,60,61,63,67,68,71);1H/t50-;/m0./s1. The van der Waals surface area contributed by atoms with Gasteiger partial charge >= 0.3 is 6.09 Å². The zero-order valence-electron chi connectivity index (χ0n) is 46.4. The number of hydrogen-bond acceptors (Lipinski definition) is 8. The van der Waals surface area contributed by atoms with E-state index in [0.29, 0.717) is 85.6 Å². The SMILES string of the molecule is C=C(C)C(=O)NCCCCCCCCCCCC(=O)NCCCC[C@H](NC(=O)OC(C)(C)C)C(=O)Nc1ccc(-c2c3ccc(=[N+](CC)CC)cc-3oc3cc(N(CC)CC)ccc23)c(C(=O)N(CC)CC)c1.[Cl-]. The van der Waals surface area contributed by atoms with Gasteiger partial charge in [-0.25, -0.2) is 9.37 Å². The van der Waals surface area contributed by atoms with E-state index in [1.165, 1.54) is 12.8 Å². The first-order valence-electron chi connectivity index (χ1n) is 27.3. The summed E-state index contributed by atoms with van der Waals surface area (Å²) in [6.45, 7) is 28.6. The normalized spacial score (nSPS) is 11.6. The number of carbonyl (C=O) groups excluding carboxylic acids is 5. The zero-order chi connectivity index (χ0) is 53.5. The van der Waals surface area contributed by atoms with Crippen LogP contribution in [-0.4, -0.2) is 98.6 Å². The van der Waals surface area contributed by atoms with E-state index in [1.54, 1.807) is 38.7 Å². The van der Waals surface area contributed by atoms with Crippen LogP contribution in [-0.2, 0) is 19.1 Å². The second-order valence-electron chi connectivity index (χ2n) is 19.9. The van der Waals surface area contributed by atoms with E-state index in [1.807, 2.05) is 26.0 Å². The summed E-state index contributed by atoms with van der Waals surface area (Å²) < 4.78 is 14.6. The number of benzene rings is 3. The number of carbonyl (C=O) groups is 5. The van der Waals surface area contributed by atoms with E-state index in [0.717, 1.165) is 98.7 Å². The number of nitrogens with zero attached hydrogens (tertiary/aromatic N) is 3. The quantitative estimate of drug-likeness (QED) is 0.0176. The van der Waals surface area contributed by atoms with Crippen LogP contribution in [0.1, 0.15) is 163 Å². The number of amides is 5. The van der Waals surface area contributed by atoms with E-state index in [2.05, 4.69) is 101 Å². The van der Waals surface area contributed by atoms with Gasteiger partial charge in [0.15, 0.2) is 0 Å². The molecule has 0 saturated heterocycles. The largest absolute Gasteiger partial charge is 1.00 e. The Morgan fingerprint density at radius 1 is 0.716 bits per heavy atom. The molecule has 2 aromatic rings.